The zero-order valence-corrected chi connectivity index (χ0v) is 11.6. The summed E-state index contributed by atoms with van der Waals surface area (Å²) < 4.78 is 0. The van der Waals surface area contributed by atoms with Crippen molar-refractivity contribution in [1.82, 2.24) is 15.2 Å². The molecule has 0 bridgehead atoms. The van der Waals surface area contributed by atoms with Gasteiger partial charge in [0.25, 0.3) is 11.8 Å². The van der Waals surface area contributed by atoms with Crippen LogP contribution in [0, 0.1) is 0 Å². The SMILES string of the molecule is CNc1ccc(C(=O)N2CC(=O)NC(=O)C2(C)C)nc1. The molecule has 0 aromatic carbocycles. The van der Waals surface area contributed by atoms with E-state index in [0.717, 1.165) is 5.69 Å². The van der Waals surface area contributed by atoms with E-state index >= 15 is 0 Å². The van der Waals surface area contributed by atoms with Crippen LogP contribution in [-0.4, -0.2) is 46.7 Å². The Morgan fingerprint density at radius 1 is 1.40 bits per heavy atom. The van der Waals surface area contributed by atoms with Crippen LogP contribution in [0.2, 0.25) is 0 Å². The maximum atomic E-state index is 12.4. The fourth-order valence-corrected chi connectivity index (χ4v) is 1.92. The van der Waals surface area contributed by atoms with Crippen molar-refractivity contribution in [2.45, 2.75) is 19.4 Å². The Balaban J connectivity index is 2.30. The van der Waals surface area contributed by atoms with Crippen molar-refractivity contribution in [3.8, 4) is 0 Å². The van der Waals surface area contributed by atoms with Crippen LogP contribution in [0.15, 0.2) is 18.3 Å². The molecule has 1 saturated heterocycles. The van der Waals surface area contributed by atoms with Crippen LogP contribution >= 0.6 is 0 Å². The highest BCUT2D eigenvalue weighted by atomic mass is 16.2. The highest BCUT2D eigenvalue weighted by Crippen LogP contribution is 2.20. The lowest BCUT2D eigenvalue weighted by molar-refractivity contribution is -0.143. The number of piperazine rings is 1. The lowest BCUT2D eigenvalue weighted by Crippen LogP contribution is -2.65. The predicted octanol–water partition coefficient (Wildman–Crippen LogP) is 0.000500. The van der Waals surface area contributed by atoms with Crippen molar-refractivity contribution in [2.24, 2.45) is 0 Å². The van der Waals surface area contributed by atoms with Crippen LogP contribution in [0.3, 0.4) is 0 Å². The Morgan fingerprint density at radius 3 is 2.65 bits per heavy atom. The van der Waals surface area contributed by atoms with Crippen LogP contribution in [0.25, 0.3) is 0 Å². The molecule has 106 valence electrons. The fraction of sp³-hybridized carbons (Fsp3) is 0.385. The average molecular weight is 276 g/mol. The van der Waals surface area contributed by atoms with Gasteiger partial charge in [0.15, 0.2) is 0 Å². The average Bonchev–Trinajstić information content (AvgIpc) is 2.42. The Bertz CT molecular complexity index is 565. The number of aromatic nitrogens is 1. The molecule has 20 heavy (non-hydrogen) atoms. The minimum atomic E-state index is -1.09. The molecule has 1 fully saturated rings. The minimum Gasteiger partial charge on any atom is -0.387 e. The second-order valence-electron chi connectivity index (χ2n) is 5.01. The number of hydrogen-bond donors (Lipinski definition) is 2. The van der Waals surface area contributed by atoms with Crippen molar-refractivity contribution >= 4 is 23.4 Å². The molecule has 1 aromatic rings. The lowest BCUT2D eigenvalue weighted by atomic mass is 9.98. The Hall–Kier alpha value is -2.44. The number of carbonyl (C=O) groups excluding carboxylic acids is 3. The number of amides is 3. The van der Waals surface area contributed by atoms with Crippen LogP contribution in [0.5, 0.6) is 0 Å². The minimum absolute atomic E-state index is 0.160. The van der Waals surface area contributed by atoms with E-state index in [1.54, 1.807) is 33.0 Å². The summed E-state index contributed by atoms with van der Waals surface area (Å²) >= 11 is 0. The van der Waals surface area contributed by atoms with Gasteiger partial charge in [-0.2, -0.15) is 0 Å². The summed E-state index contributed by atoms with van der Waals surface area (Å²) in [6.07, 6.45) is 1.52. The number of pyridine rings is 1. The van der Waals surface area contributed by atoms with Gasteiger partial charge in [-0.25, -0.2) is 4.98 Å². The van der Waals surface area contributed by atoms with Gasteiger partial charge in [-0.3, -0.25) is 19.7 Å². The molecule has 0 spiro atoms. The zero-order chi connectivity index (χ0) is 14.9. The van der Waals surface area contributed by atoms with Gasteiger partial charge in [-0.05, 0) is 26.0 Å². The van der Waals surface area contributed by atoms with Gasteiger partial charge in [0, 0.05) is 7.05 Å². The van der Waals surface area contributed by atoms with E-state index < -0.39 is 23.3 Å². The number of nitrogens with zero attached hydrogens (tertiary/aromatic N) is 2. The number of nitrogens with one attached hydrogen (secondary N) is 2. The molecule has 7 heteroatoms. The molecule has 2 rings (SSSR count). The lowest BCUT2D eigenvalue weighted by Gasteiger charge is -2.39. The van der Waals surface area contributed by atoms with Crippen LogP contribution in [0.1, 0.15) is 24.3 Å². The van der Waals surface area contributed by atoms with Crippen molar-refractivity contribution < 1.29 is 14.4 Å². The van der Waals surface area contributed by atoms with E-state index in [1.165, 1.54) is 11.1 Å². The molecule has 0 radical (unpaired) electrons. The van der Waals surface area contributed by atoms with Crippen LogP contribution < -0.4 is 10.6 Å². The first kappa shape index (κ1) is 14.0. The Labute approximate surface area is 116 Å². The van der Waals surface area contributed by atoms with E-state index in [2.05, 4.69) is 15.6 Å². The predicted molar refractivity (Wildman–Crippen MR) is 72.0 cm³/mol. The monoisotopic (exact) mass is 276 g/mol. The van der Waals surface area contributed by atoms with E-state index in [9.17, 15) is 14.4 Å². The summed E-state index contributed by atoms with van der Waals surface area (Å²) in [5.74, 6) is -1.43. The summed E-state index contributed by atoms with van der Waals surface area (Å²) in [6, 6.07) is 3.26. The number of rotatable bonds is 2. The van der Waals surface area contributed by atoms with Gasteiger partial charge in [0.05, 0.1) is 11.9 Å². The topological polar surface area (TPSA) is 91.4 Å². The summed E-state index contributed by atoms with van der Waals surface area (Å²) in [5.41, 5.74) is -0.123. The van der Waals surface area contributed by atoms with Gasteiger partial charge in [-0.1, -0.05) is 0 Å². The summed E-state index contributed by atoms with van der Waals surface area (Å²) in [4.78, 5) is 41.0. The molecule has 2 N–H and O–H groups in total. The maximum Gasteiger partial charge on any atom is 0.273 e. The van der Waals surface area contributed by atoms with Crippen molar-refractivity contribution in [2.75, 3.05) is 18.9 Å². The van der Waals surface area contributed by atoms with Crippen molar-refractivity contribution in [3.63, 3.8) is 0 Å². The molecular weight excluding hydrogens is 260 g/mol. The van der Waals surface area contributed by atoms with Crippen LogP contribution in [0.4, 0.5) is 5.69 Å². The van der Waals surface area contributed by atoms with Gasteiger partial charge in [0.2, 0.25) is 5.91 Å². The van der Waals surface area contributed by atoms with Gasteiger partial charge in [-0.15, -0.1) is 0 Å². The van der Waals surface area contributed by atoms with Crippen molar-refractivity contribution in [3.05, 3.63) is 24.0 Å². The smallest absolute Gasteiger partial charge is 0.273 e. The highest BCUT2D eigenvalue weighted by molar-refractivity contribution is 6.08. The number of hydrogen-bond acceptors (Lipinski definition) is 5. The first-order valence-electron chi connectivity index (χ1n) is 6.16. The molecule has 1 aromatic heterocycles. The first-order valence-corrected chi connectivity index (χ1v) is 6.16. The third kappa shape index (κ3) is 2.34. The maximum absolute atomic E-state index is 12.4. The molecule has 1 aliphatic rings. The van der Waals surface area contributed by atoms with E-state index in [4.69, 9.17) is 0 Å². The summed E-state index contributed by atoms with van der Waals surface area (Å²) in [6.45, 7) is 3.02. The standard InChI is InChI=1S/C13H16N4O3/c1-13(2)12(20)16-10(18)7-17(13)11(19)9-5-4-8(14-3)6-15-9/h4-6,14H,7H2,1-3H3,(H,16,18,20). The zero-order valence-electron chi connectivity index (χ0n) is 11.6. The molecular formula is C13H16N4O3. The van der Waals surface area contributed by atoms with E-state index in [-0.39, 0.29) is 12.2 Å². The Kier molecular flexibility index (Phi) is 3.44. The molecule has 0 unspecified atom stereocenters. The number of anilines is 1. The Morgan fingerprint density at radius 2 is 2.10 bits per heavy atom. The van der Waals surface area contributed by atoms with Gasteiger partial charge in [0.1, 0.15) is 17.8 Å². The molecule has 2 heterocycles. The van der Waals surface area contributed by atoms with E-state index in [1.807, 2.05) is 0 Å². The second kappa shape index (κ2) is 4.92. The molecule has 0 saturated carbocycles. The summed E-state index contributed by atoms with van der Waals surface area (Å²) in [5, 5.41) is 5.12. The molecule has 7 nitrogen and oxygen atoms in total. The fourth-order valence-electron chi connectivity index (χ4n) is 1.92. The third-order valence-corrected chi connectivity index (χ3v) is 3.30. The molecule has 1 aliphatic heterocycles. The van der Waals surface area contributed by atoms with Gasteiger partial charge < -0.3 is 10.2 Å². The number of imide groups is 1. The summed E-state index contributed by atoms with van der Waals surface area (Å²) in [7, 11) is 1.75. The molecule has 3 amide bonds. The first-order chi connectivity index (χ1) is 9.36. The van der Waals surface area contributed by atoms with E-state index in [0.29, 0.717) is 0 Å². The second-order valence-corrected chi connectivity index (χ2v) is 5.01. The quantitative estimate of drug-likeness (QED) is 0.742. The van der Waals surface area contributed by atoms with Crippen LogP contribution in [-0.2, 0) is 9.59 Å². The third-order valence-electron chi connectivity index (χ3n) is 3.30. The van der Waals surface area contributed by atoms with Crippen molar-refractivity contribution in [1.29, 1.82) is 0 Å². The number of carbonyl (C=O) groups is 3. The molecule has 0 aliphatic carbocycles. The molecule has 0 atom stereocenters. The highest BCUT2D eigenvalue weighted by Gasteiger charge is 2.44. The largest absolute Gasteiger partial charge is 0.387 e. The van der Waals surface area contributed by atoms with Gasteiger partial charge >= 0.3 is 0 Å². The normalized spacial score (nSPS) is 17.6.